The predicted molar refractivity (Wildman–Crippen MR) is 60.8 cm³/mol. The lowest BCUT2D eigenvalue weighted by molar-refractivity contribution is -0.105. The zero-order valence-corrected chi connectivity index (χ0v) is 9.02. The molecule has 3 heteroatoms. The monoisotopic (exact) mass is 224 g/mol. The Bertz CT molecular complexity index is 369. The second-order valence-corrected chi connectivity index (χ2v) is 4.66. The first-order valence-corrected chi connectivity index (χ1v) is 5.76. The highest BCUT2D eigenvalue weighted by Crippen LogP contribution is 2.39. The molecule has 1 aromatic rings. The molecule has 72 valence electrons. The van der Waals surface area contributed by atoms with Crippen LogP contribution in [0.5, 0.6) is 0 Å². The standard InChI is InChI=1S/C11H9ClOS/c12-10-3-1-8(2-4-10)11-9(7-13)5-6-14-11/h1-5,7,11H,6H2. The molecule has 0 spiro atoms. The number of rotatable bonds is 2. The summed E-state index contributed by atoms with van der Waals surface area (Å²) in [6.45, 7) is 0. The van der Waals surface area contributed by atoms with E-state index in [2.05, 4.69) is 0 Å². The summed E-state index contributed by atoms with van der Waals surface area (Å²) in [4.78, 5) is 10.8. The molecule has 1 nitrogen and oxygen atoms in total. The molecule has 0 aliphatic carbocycles. The first-order chi connectivity index (χ1) is 6.81. The number of benzene rings is 1. The lowest BCUT2D eigenvalue weighted by atomic mass is 10.1. The molecule has 0 fully saturated rings. The van der Waals surface area contributed by atoms with E-state index in [0.717, 1.165) is 28.2 Å². The van der Waals surface area contributed by atoms with Crippen molar-refractivity contribution in [1.29, 1.82) is 0 Å². The fraction of sp³-hybridized carbons (Fsp3) is 0.182. The van der Waals surface area contributed by atoms with Crippen LogP contribution >= 0.6 is 23.4 Å². The Hall–Kier alpha value is -0.730. The van der Waals surface area contributed by atoms with Gasteiger partial charge in [-0.05, 0) is 17.7 Å². The quantitative estimate of drug-likeness (QED) is 0.718. The first-order valence-electron chi connectivity index (χ1n) is 4.33. The third kappa shape index (κ3) is 1.86. The molecule has 1 aliphatic rings. The van der Waals surface area contributed by atoms with Crippen molar-refractivity contribution < 1.29 is 4.79 Å². The van der Waals surface area contributed by atoms with Gasteiger partial charge in [-0.15, -0.1) is 11.8 Å². The van der Waals surface area contributed by atoms with Gasteiger partial charge in [0.25, 0.3) is 0 Å². The third-order valence-corrected chi connectivity index (χ3v) is 3.68. The molecule has 1 atom stereocenters. The zero-order valence-electron chi connectivity index (χ0n) is 7.44. The van der Waals surface area contributed by atoms with E-state index in [-0.39, 0.29) is 5.25 Å². The summed E-state index contributed by atoms with van der Waals surface area (Å²) in [5, 5.41) is 0.929. The van der Waals surface area contributed by atoms with Crippen molar-refractivity contribution in [2.75, 3.05) is 5.75 Å². The lowest BCUT2D eigenvalue weighted by Gasteiger charge is -2.10. The van der Waals surface area contributed by atoms with Gasteiger partial charge in [0.1, 0.15) is 6.29 Å². The van der Waals surface area contributed by atoms with Gasteiger partial charge in [-0.25, -0.2) is 0 Å². The average Bonchev–Trinajstić information content (AvgIpc) is 2.67. The van der Waals surface area contributed by atoms with E-state index in [9.17, 15) is 4.79 Å². The van der Waals surface area contributed by atoms with Crippen LogP contribution in [-0.2, 0) is 4.79 Å². The molecular weight excluding hydrogens is 216 g/mol. The molecular formula is C11H9ClOS. The number of hydrogen-bond donors (Lipinski definition) is 0. The molecule has 0 saturated heterocycles. The number of thioether (sulfide) groups is 1. The van der Waals surface area contributed by atoms with Gasteiger partial charge in [-0.3, -0.25) is 4.79 Å². The van der Waals surface area contributed by atoms with Gasteiger partial charge in [-0.1, -0.05) is 29.8 Å². The maximum atomic E-state index is 10.8. The fourth-order valence-corrected chi connectivity index (χ4v) is 2.78. The summed E-state index contributed by atoms with van der Waals surface area (Å²) in [5.41, 5.74) is 2.02. The Morgan fingerprint density at radius 2 is 2.07 bits per heavy atom. The van der Waals surface area contributed by atoms with Crippen molar-refractivity contribution in [2.45, 2.75) is 5.25 Å². The summed E-state index contributed by atoms with van der Waals surface area (Å²) in [6, 6.07) is 7.67. The second kappa shape index (κ2) is 4.20. The van der Waals surface area contributed by atoms with Crippen molar-refractivity contribution in [1.82, 2.24) is 0 Å². The van der Waals surface area contributed by atoms with Crippen LogP contribution in [0, 0.1) is 0 Å². The molecule has 0 bridgehead atoms. The molecule has 1 aromatic carbocycles. The lowest BCUT2D eigenvalue weighted by Crippen LogP contribution is -1.95. The van der Waals surface area contributed by atoms with Crippen molar-refractivity contribution in [3.63, 3.8) is 0 Å². The summed E-state index contributed by atoms with van der Waals surface area (Å²) in [6.07, 6.45) is 2.93. The van der Waals surface area contributed by atoms with Gasteiger partial charge in [0.05, 0.1) is 5.25 Å². The Labute approximate surface area is 92.1 Å². The number of carbonyl (C=O) groups is 1. The largest absolute Gasteiger partial charge is 0.298 e. The van der Waals surface area contributed by atoms with E-state index in [1.165, 1.54) is 0 Å². The van der Waals surface area contributed by atoms with Gasteiger partial charge in [0.15, 0.2) is 0 Å². The van der Waals surface area contributed by atoms with Crippen molar-refractivity contribution in [2.24, 2.45) is 0 Å². The summed E-state index contributed by atoms with van der Waals surface area (Å²) in [7, 11) is 0. The van der Waals surface area contributed by atoms with E-state index < -0.39 is 0 Å². The van der Waals surface area contributed by atoms with Gasteiger partial charge in [-0.2, -0.15) is 0 Å². The Morgan fingerprint density at radius 1 is 1.36 bits per heavy atom. The van der Waals surface area contributed by atoms with Crippen LogP contribution < -0.4 is 0 Å². The maximum Gasteiger partial charge on any atom is 0.147 e. The fourth-order valence-electron chi connectivity index (χ4n) is 1.48. The smallest absolute Gasteiger partial charge is 0.147 e. The van der Waals surface area contributed by atoms with Gasteiger partial charge < -0.3 is 0 Å². The molecule has 0 amide bonds. The molecule has 0 aromatic heterocycles. The van der Waals surface area contributed by atoms with Crippen LogP contribution in [0.2, 0.25) is 5.02 Å². The Balaban J connectivity index is 2.27. The third-order valence-electron chi connectivity index (χ3n) is 2.19. The second-order valence-electron chi connectivity index (χ2n) is 3.09. The van der Waals surface area contributed by atoms with Crippen molar-refractivity contribution >= 4 is 29.6 Å². The Morgan fingerprint density at radius 3 is 2.71 bits per heavy atom. The van der Waals surface area contributed by atoms with E-state index in [4.69, 9.17) is 11.6 Å². The maximum absolute atomic E-state index is 10.8. The normalized spacial score (nSPS) is 20.6. The van der Waals surface area contributed by atoms with Gasteiger partial charge >= 0.3 is 0 Å². The van der Waals surface area contributed by atoms with Crippen LogP contribution in [-0.4, -0.2) is 12.0 Å². The minimum atomic E-state index is 0.199. The summed E-state index contributed by atoms with van der Waals surface area (Å²) in [5.74, 6) is 0.918. The first kappa shape index (κ1) is 9.81. The highest BCUT2D eigenvalue weighted by molar-refractivity contribution is 8.00. The molecule has 1 heterocycles. The molecule has 14 heavy (non-hydrogen) atoms. The van der Waals surface area contributed by atoms with Crippen LogP contribution in [0.15, 0.2) is 35.9 Å². The van der Waals surface area contributed by atoms with Gasteiger partial charge in [0.2, 0.25) is 0 Å². The average molecular weight is 225 g/mol. The minimum Gasteiger partial charge on any atom is -0.298 e. The van der Waals surface area contributed by atoms with Crippen molar-refractivity contribution in [3.8, 4) is 0 Å². The molecule has 2 rings (SSSR count). The van der Waals surface area contributed by atoms with E-state index in [0.29, 0.717) is 0 Å². The van der Waals surface area contributed by atoms with Crippen LogP contribution in [0.25, 0.3) is 0 Å². The topological polar surface area (TPSA) is 17.1 Å². The number of aldehydes is 1. The van der Waals surface area contributed by atoms with E-state index in [1.54, 1.807) is 11.8 Å². The Kier molecular flexibility index (Phi) is 2.94. The van der Waals surface area contributed by atoms with Gasteiger partial charge in [0, 0.05) is 16.3 Å². The molecule has 0 N–H and O–H groups in total. The van der Waals surface area contributed by atoms with Crippen LogP contribution in [0.4, 0.5) is 0 Å². The predicted octanol–water partition coefficient (Wildman–Crippen LogP) is 3.25. The number of halogens is 1. The minimum absolute atomic E-state index is 0.199. The zero-order chi connectivity index (χ0) is 9.97. The number of hydrogen-bond acceptors (Lipinski definition) is 2. The molecule has 1 unspecified atom stereocenters. The number of carbonyl (C=O) groups excluding carboxylic acids is 1. The molecule has 0 radical (unpaired) electrons. The highest BCUT2D eigenvalue weighted by atomic mass is 35.5. The summed E-state index contributed by atoms with van der Waals surface area (Å²) >= 11 is 7.56. The molecule has 1 aliphatic heterocycles. The van der Waals surface area contributed by atoms with Crippen LogP contribution in [0.1, 0.15) is 10.8 Å². The highest BCUT2D eigenvalue weighted by Gasteiger charge is 2.20. The van der Waals surface area contributed by atoms with Crippen LogP contribution in [0.3, 0.4) is 0 Å². The van der Waals surface area contributed by atoms with E-state index in [1.807, 2.05) is 30.3 Å². The summed E-state index contributed by atoms with van der Waals surface area (Å²) < 4.78 is 0. The molecule has 0 saturated carbocycles. The van der Waals surface area contributed by atoms with E-state index >= 15 is 0 Å². The van der Waals surface area contributed by atoms with Crippen molar-refractivity contribution in [3.05, 3.63) is 46.5 Å². The SMILES string of the molecule is O=CC1=CCSC1c1ccc(Cl)cc1.